The van der Waals surface area contributed by atoms with Crippen molar-refractivity contribution >= 4 is 29.7 Å². The smallest absolute Gasteiger partial charge is 0.367 e. The number of benzene rings is 1. The predicted octanol–water partition coefficient (Wildman–Crippen LogP) is 3.08. The zero-order valence-corrected chi connectivity index (χ0v) is 15.3. The van der Waals surface area contributed by atoms with Gasteiger partial charge in [-0.3, -0.25) is 4.79 Å². The van der Waals surface area contributed by atoms with Gasteiger partial charge in [0.15, 0.2) is 0 Å². The minimum Gasteiger partial charge on any atom is -0.367 e. The molecule has 144 valence electrons. The normalized spacial score (nSPS) is 11.1. The van der Waals surface area contributed by atoms with Gasteiger partial charge in [0.25, 0.3) is 5.91 Å². The summed E-state index contributed by atoms with van der Waals surface area (Å²) in [6, 6.07) is 6.79. The molecule has 0 aliphatic heterocycles. The Hall–Kier alpha value is -1.68. The summed E-state index contributed by atoms with van der Waals surface area (Å²) in [5.41, 5.74) is 7.25. The fourth-order valence-corrected chi connectivity index (χ4v) is 2.76. The van der Waals surface area contributed by atoms with E-state index in [4.69, 9.17) is 5.73 Å². The second kappa shape index (κ2) is 10.5. The molecule has 5 nitrogen and oxygen atoms in total. The van der Waals surface area contributed by atoms with Gasteiger partial charge in [-0.05, 0) is 17.7 Å². The molecule has 0 unspecified atom stereocenters. The van der Waals surface area contributed by atoms with Crippen molar-refractivity contribution in [3.63, 3.8) is 0 Å². The first-order chi connectivity index (χ1) is 11.9. The van der Waals surface area contributed by atoms with Crippen molar-refractivity contribution < 1.29 is 22.7 Å². The molecule has 3 N–H and O–H groups in total. The third-order valence-electron chi connectivity index (χ3n) is 3.15. The molecular formula is C16H19ClF3N3O2S. The van der Waals surface area contributed by atoms with E-state index in [1.807, 2.05) is 0 Å². The number of ether oxygens (including phenoxy) is 1. The number of halogens is 4. The van der Waals surface area contributed by atoms with Gasteiger partial charge in [0, 0.05) is 18.3 Å². The van der Waals surface area contributed by atoms with Crippen LogP contribution in [0.15, 0.2) is 29.6 Å². The Bertz CT molecular complexity index is 693. The number of thiazole rings is 1. The van der Waals surface area contributed by atoms with Gasteiger partial charge in [0.05, 0.1) is 11.6 Å². The molecule has 0 fully saturated rings. The van der Waals surface area contributed by atoms with Crippen molar-refractivity contribution in [3.8, 4) is 0 Å². The van der Waals surface area contributed by atoms with Crippen molar-refractivity contribution in [1.29, 1.82) is 0 Å². The van der Waals surface area contributed by atoms with Crippen LogP contribution < -0.4 is 11.1 Å². The zero-order chi connectivity index (χ0) is 18.3. The van der Waals surface area contributed by atoms with Gasteiger partial charge in [-0.2, -0.15) is 13.2 Å². The summed E-state index contributed by atoms with van der Waals surface area (Å²) in [5, 5.41) is 5.24. The van der Waals surface area contributed by atoms with Crippen LogP contribution >= 0.6 is 23.7 Å². The third kappa shape index (κ3) is 7.69. The number of nitrogens with zero attached hydrogens (tertiary/aromatic N) is 1. The molecule has 1 heterocycles. The number of alkyl halides is 3. The molecule has 0 bridgehead atoms. The monoisotopic (exact) mass is 409 g/mol. The number of aromatic nitrogens is 1. The summed E-state index contributed by atoms with van der Waals surface area (Å²) in [4.78, 5) is 16.2. The molecule has 0 saturated heterocycles. The quantitative estimate of drug-likeness (QED) is 0.702. The Labute approximate surface area is 159 Å². The van der Waals surface area contributed by atoms with Crippen molar-refractivity contribution in [2.24, 2.45) is 5.73 Å². The second-order valence-corrected chi connectivity index (χ2v) is 6.21. The largest absolute Gasteiger partial charge is 0.411 e. The molecule has 0 radical (unpaired) electrons. The summed E-state index contributed by atoms with van der Waals surface area (Å²) in [6.45, 7) is -0.612. The van der Waals surface area contributed by atoms with Gasteiger partial charge in [-0.1, -0.05) is 24.3 Å². The topological polar surface area (TPSA) is 77.2 Å². The number of carbonyl (C=O) groups excluding carboxylic acids is 1. The van der Waals surface area contributed by atoms with Crippen molar-refractivity contribution in [2.75, 3.05) is 13.2 Å². The molecule has 0 aliphatic carbocycles. The number of hydrogen-bond donors (Lipinski definition) is 2. The van der Waals surface area contributed by atoms with Crippen molar-refractivity contribution in [1.82, 2.24) is 10.3 Å². The summed E-state index contributed by atoms with van der Waals surface area (Å²) >= 11 is 1.39. The lowest BCUT2D eigenvalue weighted by atomic mass is 10.1. The molecule has 0 atom stereocenters. The molecule has 26 heavy (non-hydrogen) atoms. The van der Waals surface area contributed by atoms with E-state index < -0.39 is 12.8 Å². The SMILES string of the molecule is Cl.NCCc1nc(C(=O)NCc2ccc(COCC(F)(F)F)cc2)cs1. The Morgan fingerprint density at radius 1 is 1.23 bits per heavy atom. The number of rotatable bonds is 8. The van der Waals surface area contributed by atoms with Crippen LogP contribution in [0.5, 0.6) is 0 Å². The van der Waals surface area contributed by atoms with E-state index in [1.165, 1.54) is 11.3 Å². The minimum atomic E-state index is -4.33. The number of amides is 1. The van der Waals surface area contributed by atoms with Gasteiger partial charge in [-0.25, -0.2) is 4.98 Å². The standard InChI is InChI=1S/C16H18F3N3O2S.ClH/c17-16(18,19)10-24-8-12-3-1-11(2-4-12)7-21-15(23)13-9-25-14(22-13)5-6-20;/h1-4,9H,5-8,10,20H2,(H,21,23);1H. The summed E-state index contributed by atoms with van der Waals surface area (Å²) < 4.78 is 40.6. The Kier molecular flexibility index (Phi) is 9.00. The molecule has 0 spiro atoms. The maximum atomic E-state index is 12.0. The first kappa shape index (κ1) is 22.4. The van der Waals surface area contributed by atoms with Crippen LogP contribution in [0.1, 0.15) is 26.6 Å². The molecule has 10 heteroatoms. The van der Waals surface area contributed by atoms with Crippen LogP contribution in [-0.4, -0.2) is 30.2 Å². The average molecular weight is 410 g/mol. The van der Waals surface area contributed by atoms with Crippen LogP contribution in [0.2, 0.25) is 0 Å². The molecule has 2 rings (SSSR count). The molecular weight excluding hydrogens is 391 g/mol. The maximum absolute atomic E-state index is 12.0. The van der Waals surface area contributed by atoms with E-state index in [-0.39, 0.29) is 24.9 Å². The summed E-state index contributed by atoms with van der Waals surface area (Å²) in [6.07, 6.45) is -3.69. The van der Waals surface area contributed by atoms with E-state index in [1.54, 1.807) is 29.6 Å². The third-order valence-corrected chi connectivity index (χ3v) is 4.06. The summed E-state index contributed by atoms with van der Waals surface area (Å²) in [5.74, 6) is -0.280. The summed E-state index contributed by atoms with van der Waals surface area (Å²) in [7, 11) is 0. The van der Waals surface area contributed by atoms with Gasteiger partial charge in [0.1, 0.15) is 12.3 Å². The van der Waals surface area contributed by atoms with Gasteiger partial charge < -0.3 is 15.8 Å². The average Bonchev–Trinajstić information content (AvgIpc) is 3.02. The number of nitrogens with two attached hydrogens (primary N) is 1. The van der Waals surface area contributed by atoms with Crippen molar-refractivity contribution in [3.05, 3.63) is 51.5 Å². The van der Waals surface area contributed by atoms with Crippen LogP contribution in [0.3, 0.4) is 0 Å². The lowest BCUT2D eigenvalue weighted by molar-refractivity contribution is -0.176. The molecule has 2 aromatic rings. The molecule has 1 amide bonds. The molecule has 1 aromatic heterocycles. The van der Waals surface area contributed by atoms with Gasteiger partial charge in [0.2, 0.25) is 0 Å². The number of carbonyl (C=O) groups is 1. The number of nitrogens with one attached hydrogen (secondary N) is 1. The van der Waals surface area contributed by atoms with Crippen LogP contribution in [-0.2, 0) is 24.3 Å². The van der Waals surface area contributed by atoms with E-state index >= 15 is 0 Å². The van der Waals surface area contributed by atoms with E-state index in [0.717, 1.165) is 10.6 Å². The van der Waals surface area contributed by atoms with E-state index in [0.29, 0.717) is 30.8 Å². The highest BCUT2D eigenvalue weighted by Crippen LogP contribution is 2.16. The zero-order valence-electron chi connectivity index (χ0n) is 13.7. The molecule has 1 aromatic carbocycles. The highest BCUT2D eigenvalue weighted by molar-refractivity contribution is 7.09. The van der Waals surface area contributed by atoms with Crippen LogP contribution in [0.4, 0.5) is 13.2 Å². The number of hydrogen-bond acceptors (Lipinski definition) is 5. The van der Waals surface area contributed by atoms with E-state index in [9.17, 15) is 18.0 Å². The fraction of sp³-hybridized carbons (Fsp3) is 0.375. The predicted molar refractivity (Wildman–Crippen MR) is 95.4 cm³/mol. The first-order valence-electron chi connectivity index (χ1n) is 7.52. The highest BCUT2D eigenvalue weighted by atomic mass is 35.5. The Balaban J connectivity index is 0.00000338. The molecule has 0 aliphatic rings. The first-order valence-corrected chi connectivity index (χ1v) is 8.40. The second-order valence-electron chi connectivity index (χ2n) is 5.27. The maximum Gasteiger partial charge on any atom is 0.411 e. The van der Waals surface area contributed by atoms with Crippen LogP contribution in [0.25, 0.3) is 0 Å². The highest BCUT2D eigenvalue weighted by Gasteiger charge is 2.27. The van der Waals surface area contributed by atoms with Crippen LogP contribution in [0, 0.1) is 0 Å². The Morgan fingerprint density at radius 2 is 1.88 bits per heavy atom. The lowest BCUT2D eigenvalue weighted by Crippen LogP contribution is -2.23. The lowest BCUT2D eigenvalue weighted by Gasteiger charge is -2.08. The van der Waals surface area contributed by atoms with E-state index in [2.05, 4.69) is 15.0 Å². The minimum absolute atomic E-state index is 0. The fourth-order valence-electron chi connectivity index (χ4n) is 1.96. The Morgan fingerprint density at radius 3 is 2.50 bits per heavy atom. The van der Waals surface area contributed by atoms with Gasteiger partial charge >= 0.3 is 6.18 Å². The van der Waals surface area contributed by atoms with Gasteiger partial charge in [-0.15, -0.1) is 23.7 Å². The van der Waals surface area contributed by atoms with Crippen molar-refractivity contribution in [2.45, 2.75) is 25.7 Å². The molecule has 0 saturated carbocycles.